The number of piperidine rings is 1. The van der Waals surface area contributed by atoms with Crippen molar-refractivity contribution >= 4 is 16.7 Å². The quantitative estimate of drug-likeness (QED) is 0.940. The Morgan fingerprint density at radius 2 is 1.95 bits per heavy atom. The molecule has 1 N–H and O–H groups in total. The summed E-state index contributed by atoms with van der Waals surface area (Å²) < 4.78 is 0. The average Bonchev–Trinajstić information content (AvgIpc) is 3.34. The minimum absolute atomic E-state index is 0.536. The molecule has 1 saturated carbocycles. The highest BCUT2D eigenvalue weighted by Gasteiger charge is 2.27. The van der Waals surface area contributed by atoms with Crippen LogP contribution in [0.1, 0.15) is 31.2 Å². The summed E-state index contributed by atoms with van der Waals surface area (Å²) in [5.41, 5.74) is 2.28. The molecule has 22 heavy (non-hydrogen) atoms. The molecule has 1 aliphatic heterocycles. The normalized spacial score (nSPS) is 20.4. The largest absolute Gasteiger partial charge is 0.367 e. The maximum Gasteiger partial charge on any atom is 0.137 e. The van der Waals surface area contributed by atoms with Crippen LogP contribution in [0.25, 0.3) is 10.9 Å². The van der Waals surface area contributed by atoms with Crippen molar-refractivity contribution < 1.29 is 0 Å². The van der Waals surface area contributed by atoms with Crippen molar-refractivity contribution in [1.29, 1.82) is 0 Å². The zero-order valence-corrected chi connectivity index (χ0v) is 13.3. The molecule has 4 heteroatoms. The number of aromatic nitrogens is 2. The van der Waals surface area contributed by atoms with E-state index in [0.717, 1.165) is 22.6 Å². The molecule has 0 atom stereocenters. The lowest BCUT2D eigenvalue weighted by Crippen LogP contribution is -2.40. The Morgan fingerprint density at radius 3 is 2.73 bits per heavy atom. The number of rotatable bonds is 4. The number of fused-ring (bicyclic) bond motifs is 1. The third kappa shape index (κ3) is 3.07. The molecule has 2 fully saturated rings. The van der Waals surface area contributed by atoms with E-state index in [2.05, 4.69) is 45.3 Å². The predicted octanol–water partition coefficient (Wildman–Crippen LogP) is 3.22. The molecule has 4 rings (SSSR count). The van der Waals surface area contributed by atoms with Gasteiger partial charge >= 0.3 is 0 Å². The zero-order valence-electron chi connectivity index (χ0n) is 13.3. The van der Waals surface area contributed by atoms with E-state index in [-0.39, 0.29) is 0 Å². The van der Waals surface area contributed by atoms with Gasteiger partial charge in [-0.05, 0) is 50.7 Å². The molecule has 0 radical (unpaired) electrons. The van der Waals surface area contributed by atoms with Crippen molar-refractivity contribution in [2.24, 2.45) is 5.92 Å². The molecular weight excluding hydrogens is 272 g/mol. The molecule has 2 aromatic rings. The van der Waals surface area contributed by atoms with Crippen LogP contribution in [0.2, 0.25) is 0 Å². The van der Waals surface area contributed by atoms with E-state index in [1.807, 2.05) is 0 Å². The van der Waals surface area contributed by atoms with Gasteiger partial charge in [-0.1, -0.05) is 11.6 Å². The first-order valence-electron chi connectivity index (χ1n) is 8.48. The molecular formula is C18H24N4. The summed E-state index contributed by atoms with van der Waals surface area (Å²) in [5, 5.41) is 4.80. The molecule has 1 aromatic heterocycles. The third-order valence-electron chi connectivity index (χ3n) is 4.93. The highest BCUT2D eigenvalue weighted by Crippen LogP contribution is 2.31. The number of aryl methyl sites for hydroxylation is 1. The Bertz CT molecular complexity index is 657. The van der Waals surface area contributed by atoms with Gasteiger partial charge in [0.1, 0.15) is 12.1 Å². The fourth-order valence-corrected chi connectivity index (χ4v) is 3.40. The molecule has 4 nitrogen and oxygen atoms in total. The summed E-state index contributed by atoms with van der Waals surface area (Å²) in [5.74, 6) is 1.99. The first-order chi connectivity index (χ1) is 10.8. The summed E-state index contributed by atoms with van der Waals surface area (Å²) in [6.07, 6.45) is 6.99. The van der Waals surface area contributed by atoms with Crippen LogP contribution in [-0.4, -0.2) is 40.5 Å². The average molecular weight is 296 g/mol. The molecule has 0 unspecified atom stereocenters. The van der Waals surface area contributed by atoms with Gasteiger partial charge in [-0.2, -0.15) is 0 Å². The Kier molecular flexibility index (Phi) is 3.70. The number of nitrogens with one attached hydrogen (secondary N) is 1. The summed E-state index contributed by atoms with van der Waals surface area (Å²) in [4.78, 5) is 11.5. The summed E-state index contributed by atoms with van der Waals surface area (Å²) >= 11 is 0. The number of benzene rings is 1. The van der Waals surface area contributed by atoms with Gasteiger partial charge in [-0.25, -0.2) is 9.97 Å². The summed E-state index contributed by atoms with van der Waals surface area (Å²) in [6, 6.07) is 6.90. The first-order valence-corrected chi connectivity index (χ1v) is 8.48. The van der Waals surface area contributed by atoms with Crippen LogP contribution in [-0.2, 0) is 0 Å². The van der Waals surface area contributed by atoms with Crippen LogP contribution in [0.4, 0.5) is 5.82 Å². The first kappa shape index (κ1) is 13.9. The molecule has 0 amide bonds. The number of nitrogens with zero attached hydrogens (tertiary/aromatic N) is 3. The van der Waals surface area contributed by atoms with E-state index in [4.69, 9.17) is 0 Å². The van der Waals surface area contributed by atoms with E-state index < -0.39 is 0 Å². The van der Waals surface area contributed by atoms with Crippen LogP contribution in [0.15, 0.2) is 24.5 Å². The molecule has 0 spiro atoms. The number of hydrogen-bond donors (Lipinski definition) is 1. The molecule has 1 aliphatic carbocycles. The fourth-order valence-electron chi connectivity index (χ4n) is 3.40. The SMILES string of the molecule is Cc1ccc2ncnc(NC3CCN(CC4CC4)CC3)c2c1. The topological polar surface area (TPSA) is 41.1 Å². The van der Waals surface area contributed by atoms with Crippen molar-refractivity contribution in [3.05, 3.63) is 30.1 Å². The van der Waals surface area contributed by atoms with E-state index in [9.17, 15) is 0 Å². The van der Waals surface area contributed by atoms with Gasteiger partial charge in [0.15, 0.2) is 0 Å². The van der Waals surface area contributed by atoms with Crippen molar-refractivity contribution in [2.75, 3.05) is 25.0 Å². The molecule has 1 saturated heterocycles. The standard InChI is InChI=1S/C18H24N4/c1-13-2-5-17-16(10-13)18(20-12-19-17)21-15-6-8-22(9-7-15)11-14-3-4-14/h2,5,10,12,14-15H,3-4,6-9,11H2,1H3,(H,19,20,21). The lowest BCUT2D eigenvalue weighted by molar-refractivity contribution is 0.211. The predicted molar refractivity (Wildman–Crippen MR) is 90.1 cm³/mol. The van der Waals surface area contributed by atoms with Gasteiger partial charge in [0.25, 0.3) is 0 Å². The maximum absolute atomic E-state index is 4.48. The lowest BCUT2D eigenvalue weighted by atomic mass is 10.0. The van der Waals surface area contributed by atoms with E-state index in [0.29, 0.717) is 6.04 Å². The van der Waals surface area contributed by atoms with Crippen molar-refractivity contribution in [3.8, 4) is 0 Å². The van der Waals surface area contributed by atoms with Crippen molar-refractivity contribution in [3.63, 3.8) is 0 Å². The minimum Gasteiger partial charge on any atom is -0.367 e. The monoisotopic (exact) mass is 296 g/mol. The number of anilines is 1. The van der Waals surface area contributed by atoms with Gasteiger partial charge in [0, 0.05) is 31.1 Å². The third-order valence-corrected chi connectivity index (χ3v) is 4.93. The lowest BCUT2D eigenvalue weighted by Gasteiger charge is -2.32. The second kappa shape index (κ2) is 5.84. The van der Waals surface area contributed by atoms with Gasteiger partial charge in [0.05, 0.1) is 5.52 Å². The maximum atomic E-state index is 4.48. The Hall–Kier alpha value is -1.68. The van der Waals surface area contributed by atoms with Gasteiger partial charge in [-0.15, -0.1) is 0 Å². The molecule has 1 aromatic carbocycles. The van der Waals surface area contributed by atoms with Crippen LogP contribution in [0.3, 0.4) is 0 Å². The molecule has 2 heterocycles. The van der Waals surface area contributed by atoms with Gasteiger partial charge in [-0.3, -0.25) is 0 Å². The highest BCUT2D eigenvalue weighted by molar-refractivity contribution is 5.89. The number of likely N-dealkylation sites (tertiary alicyclic amines) is 1. The highest BCUT2D eigenvalue weighted by atomic mass is 15.2. The van der Waals surface area contributed by atoms with Crippen LogP contribution in [0.5, 0.6) is 0 Å². The molecule has 0 bridgehead atoms. The van der Waals surface area contributed by atoms with Gasteiger partial charge in [0.2, 0.25) is 0 Å². The second-order valence-corrected chi connectivity index (χ2v) is 6.91. The molecule has 116 valence electrons. The fraction of sp³-hybridized carbons (Fsp3) is 0.556. The van der Waals surface area contributed by atoms with Crippen LogP contribution in [0, 0.1) is 12.8 Å². The van der Waals surface area contributed by atoms with E-state index in [1.165, 1.54) is 50.9 Å². The van der Waals surface area contributed by atoms with E-state index >= 15 is 0 Å². The summed E-state index contributed by atoms with van der Waals surface area (Å²) in [7, 11) is 0. The van der Waals surface area contributed by atoms with Crippen LogP contribution < -0.4 is 5.32 Å². The Labute approximate surface area is 131 Å². The van der Waals surface area contributed by atoms with Crippen LogP contribution >= 0.6 is 0 Å². The second-order valence-electron chi connectivity index (χ2n) is 6.91. The Morgan fingerprint density at radius 1 is 1.14 bits per heavy atom. The van der Waals surface area contributed by atoms with Crippen molar-refractivity contribution in [2.45, 2.75) is 38.6 Å². The molecule has 2 aliphatic rings. The van der Waals surface area contributed by atoms with Gasteiger partial charge < -0.3 is 10.2 Å². The number of hydrogen-bond acceptors (Lipinski definition) is 4. The van der Waals surface area contributed by atoms with E-state index in [1.54, 1.807) is 6.33 Å². The minimum atomic E-state index is 0.536. The summed E-state index contributed by atoms with van der Waals surface area (Å²) in [6.45, 7) is 5.88. The smallest absolute Gasteiger partial charge is 0.137 e. The van der Waals surface area contributed by atoms with Crippen molar-refractivity contribution in [1.82, 2.24) is 14.9 Å². The zero-order chi connectivity index (χ0) is 14.9. The Balaban J connectivity index is 1.44.